The summed E-state index contributed by atoms with van der Waals surface area (Å²) < 4.78 is 1.83. The topological polar surface area (TPSA) is 71.8 Å². The monoisotopic (exact) mass is 335 g/mol. The molecule has 0 aliphatic rings. The van der Waals surface area contributed by atoms with Gasteiger partial charge in [-0.15, -0.1) is 11.3 Å². The first kappa shape index (κ1) is 17.6. The number of hydrogen-bond donors (Lipinski definition) is 2. The Morgan fingerprint density at radius 3 is 2.70 bits per heavy atom. The molecule has 1 atom stereocenters. The van der Waals surface area contributed by atoms with Crippen LogP contribution in [0.3, 0.4) is 0 Å². The molecule has 2 aromatic heterocycles. The van der Waals surface area contributed by atoms with Gasteiger partial charge >= 0.3 is 0 Å². The Hall–Kier alpha value is -1.73. The summed E-state index contributed by atoms with van der Waals surface area (Å²) in [4.78, 5) is 16.6. The fraction of sp³-hybridized carbons (Fsp3) is 0.562. The first-order chi connectivity index (χ1) is 10.8. The maximum absolute atomic E-state index is 12.1. The zero-order valence-electron chi connectivity index (χ0n) is 14.4. The standard InChI is InChI=1S/C16H25N5OS/c1-6-11(12-7-8-18-21(12)5)17-9-14(22)20-15-19-13(10-23-15)16(2,3)4/h7-8,10-11,17H,6,9H2,1-5H3,(H,19,20,22). The van der Waals surface area contributed by atoms with E-state index in [-0.39, 0.29) is 23.9 Å². The van der Waals surface area contributed by atoms with Crippen molar-refractivity contribution in [2.75, 3.05) is 11.9 Å². The van der Waals surface area contributed by atoms with Crippen LogP contribution < -0.4 is 10.6 Å². The molecular formula is C16H25N5OS. The van der Waals surface area contributed by atoms with Crippen molar-refractivity contribution in [2.24, 2.45) is 7.05 Å². The lowest BCUT2D eigenvalue weighted by molar-refractivity contribution is -0.115. The van der Waals surface area contributed by atoms with Crippen LogP contribution in [0.15, 0.2) is 17.6 Å². The predicted octanol–water partition coefficient (Wildman–Crippen LogP) is 2.85. The van der Waals surface area contributed by atoms with Gasteiger partial charge in [0.05, 0.1) is 17.9 Å². The van der Waals surface area contributed by atoms with E-state index in [0.29, 0.717) is 5.13 Å². The third kappa shape index (κ3) is 4.62. The molecule has 7 heteroatoms. The Morgan fingerprint density at radius 2 is 2.17 bits per heavy atom. The van der Waals surface area contributed by atoms with Crippen molar-refractivity contribution in [3.63, 3.8) is 0 Å². The largest absolute Gasteiger partial charge is 0.301 e. The van der Waals surface area contributed by atoms with Gasteiger partial charge in [-0.05, 0) is 12.5 Å². The summed E-state index contributed by atoms with van der Waals surface area (Å²) in [5, 5.41) is 12.9. The smallest absolute Gasteiger partial charge is 0.240 e. The lowest BCUT2D eigenvalue weighted by atomic mass is 9.93. The molecule has 126 valence electrons. The fourth-order valence-electron chi connectivity index (χ4n) is 2.24. The van der Waals surface area contributed by atoms with E-state index in [1.807, 2.05) is 23.2 Å². The van der Waals surface area contributed by atoms with E-state index in [1.165, 1.54) is 11.3 Å². The van der Waals surface area contributed by atoms with E-state index in [0.717, 1.165) is 17.8 Å². The van der Waals surface area contributed by atoms with E-state index in [1.54, 1.807) is 6.20 Å². The van der Waals surface area contributed by atoms with Crippen LogP contribution in [-0.2, 0) is 17.3 Å². The minimum Gasteiger partial charge on any atom is -0.301 e. The fourth-order valence-corrected chi connectivity index (χ4v) is 3.19. The van der Waals surface area contributed by atoms with Crippen LogP contribution in [0, 0.1) is 0 Å². The number of thiazole rings is 1. The highest BCUT2D eigenvalue weighted by atomic mass is 32.1. The number of hydrogen-bond acceptors (Lipinski definition) is 5. The van der Waals surface area contributed by atoms with E-state index >= 15 is 0 Å². The third-order valence-electron chi connectivity index (χ3n) is 3.65. The molecule has 2 rings (SSSR count). The molecule has 0 saturated carbocycles. The van der Waals surface area contributed by atoms with Gasteiger partial charge in [-0.3, -0.25) is 9.48 Å². The molecule has 0 aliphatic carbocycles. The van der Waals surface area contributed by atoms with Gasteiger partial charge in [0.2, 0.25) is 5.91 Å². The first-order valence-corrected chi connectivity index (χ1v) is 8.66. The van der Waals surface area contributed by atoms with Gasteiger partial charge in [0, 0.05) is 30.1 Å². The van der Waals surface area contributed by atoms with Gasteiger partial charge in [-0.25, -0.2) is 4.98 Å². The molecule has 1 unspecified atom stereocenters. The zero-order valence-corrected chi connectivity index (χ0v) is 15.2. The molecule has 2 aromatic rings. The quantitative estimate of drug-likeness (QED) is 0.851. The van der Waals surface area contributed by atoms with Crippen molar-refractivity contribution in [3.8, 4) is 0 Å². The Bertz CT molecular complexity index is 655. The average molecular weight is 335 g/mol. The van der Waals surface area contributed by atoms with Gasteiger partial charge in [-0.2, -0.15) is 5.10 Å². The minimum atomic E-state index is -0.0829. The van der Waals surface area contributed by atoms with Gasteiger partial charge in [0.25, 0.3) is 0 Å². The molecule has 0 radical (unpaired) electrons. The van der Waals surface area contributed by atoms with Gasteiger partial charge in [-0.1, -0.05) is 27.7 Å². The van der Waals surface area contributed by atoms with E-state index in [2.05, 4.69) is 48.4 Å². The number of aromatic nitrogens is 3. The van der Waals surface area contributed by atoms with Crippen molar-refractivity contribution in [3.05, 3.63) is 29.0 Å². The molecule has 0 bridgehead atoms. The molecular weight excluding hydrogens is 310 g/mol. The Morgan fingerprint density at radius 1 is 1.43 bits per heavy atom. The number of amides is 1. The van der Waals surface area contributed by atoms with Crippen LogP contribution in [0.1, 0.15) is 51.5 Å². The summed E-state index contributed by atoms with van der Waals surface area (Å²) >= 11 is 1.46. The summed E-state index contributed by atoms with van der Waals surface area (Å²) in [6, 6.07) is 2.07. The summed E-state index contributed by atoms with van der Waals surface area (Å²) in [6.45, 7) is 8.64. The van der Waals surface area contributed by atoms with Crippen molar-refractivity contribution < 1.29 is 4.79 Å². The van der Waals surface area contributed by atoms with Gasteiger partial charge < -0.3 is 10.6 Å². The molecule has 0 spiro atoms. The summed E-state index contributed by atoms with van der Waals surface area (Å²) in [7, 11) is 1.91. The van der Waals surface area contributed by atoms with Crippen LogP contribution in [0.2, 0.25) is 0 Å². The molecule has 0 aliphatic heterocycles. The van der Waals surface area contributed by atoms with E-state index < -0.39 is 0 Å². The number of rotatable bonds is 6. The van der Waals surface area contributed by atoms with Crippen LogP contribution in [0.5, 0.6) is 0 Å². The Labute approximate surface area is 141 Å². The minimum absolute atomic E-state index is 0.00936. The second-order valence-electron chi connectivity index (χ2n) is 6.56. The van der Waals surface area contributed by atoms with Crippen LogP contribution in [0.25, 0.3) is 0 Å². The molecule has 0 fully saturated rings. The number of nitrogens with one attached hydrogen (secondary N) is 2. The number of anilines is 1. The first-order valence-electron chi connectivity index (χ1n) is 7.78. The number of aryl methyl sites for hydroxylation is 1. The van der Waals surface area contributed by atoms with Crippen molar-refractivity contribution in [1.82, 2.24) is 20.1 Å². The lowest BCUT2D eigenvalue weighted by Gasteiger charge is -2.17. The molecule has 2 N–H and O–H groups in total. The average Bonchev–Trinajstić information content (AvgIpc) is 3.09. The summed E-state index contributed by atoms with van der Waals surface area (Å²) in [5.74, 6) is -0.0829. The van der Waals surface area contributed by atoms with E-state index in [4.69, 9.17) is 0 Å². The van der Waals surface area contributed by atoms with E-state index in [9.17, 15) is 4.79 Å². The molecule has 0 saturated heterocycles. The molecule has 1 amide bonds. The zero-order chi connectivity index (χ0) is 17.0. The van der Waals surface area contributed by atoms with Crippen LogP contribution in [-0.4, -0.2) is 27.2 Å². The second kappa shape index (κ2) is 7.23. The van der Waals surface area contributed by atoms with Crippen molar-refractivity contribution in [2.45, 2.75) is 45.6 Å². The highest BCUT2D eigenvalue weighted by Crippen LogP contribution is 2.26. The van der Waals surface area contributed by atoms with Crippen LogP contribution >= 0.6 is 11.3 Å². The Balaban J connectivity index is 1.90. The molecule has 6 nitrogen and oxygen atoms in total. The molecule has 23 heavy (non-hydrogen) atoms. The highest BCUT2D eigenvalue weighted by molar-refractivity contribution is 7.13. The molecule has 0 aromatic carbocycles. The summed E-state index contributed by atoms with van der Waals surface area (Å²) in [5.41, 5.74) is 2.06. The predicted molar refractivity (Wildman–Crippen MR) is 93.7 cm³/mol. The van der Waals surface area contributed by atoms with Crippen molar-refractivity contribution >= 4 is 22.4 Å². The second-order valence-corrected chi connectivity index (χ2v) is 7.42. The summed E-state index contributed by atoms with van der Waals surface area (Å²) in [6.07, 6.45) is 2.65. The third-order valence-corrected chi connectivity index (χ3v) is 4.41. The normalized spacial score (nSPS) is 13.1. The SMILES string of the molecule is CCC(NCC(=O)Nc1nc(C(C)(C)C)cs1)c1ccnn1C. The van der Waals surface area contributed by atoms with Gasteiger partial charge in [0.1, 0.15) is 0 Å². The van der Waals surface area contributed by atoms with Crippen LogP contribution in [0.4, 0.5) is 5.13 Å². The maximum atomic E-state index is 12.1. The maximum Gasteiger partial charge on any atom is 0.240 e. The molecule has 2 heterocycles. The Kier molecular flexibility index (Phi) is 5.54. The number of nitrogens with zero attached hydrogens (tertiary/aromatic N) is 3. The van der Waals surface area contributed by atoms with Gasteiger partial charge in [0.15, 0.2) is 5.13 Å². The highest BCUT2D eigenvalue weighted by Gasteiger charge is 2.18. The number of carbonyl (C=O) groups excluding carboxylic acids is 1. The lowest BCUT2D eigenvalue weighted by Crippen LogP contribution is -2.32. The number of carbonyl (C=O) groups is 1. The van der Waals surface area contributed by atoms with Crippen molar-refractivity contribution in [1.29, 1.82) is 0 Å².